The fraction of sp³-hybridized carbons (Fsp3) is 0.235. The molecule has 2 aromatic carbocycles. The summed E-state index contributed by atoms with van der Waals surface area (Å²) < 4.78 is 10.7. The number of nitro groups is 1. The average Bonchev–Trinajstić information content (AvgIpc) is 2.55. The molecule has 2 aromatic rings. The molecule has 0 radical (unpaired) electrons. The number of hydrogen-bond acceptors (Lipinski definition) is 5. The molecule has 0 bridgehead atoms. The number of nitro benzene ring substituents is 1. The maximum Gasteiger partial charge on any atom is 0.269 e. The zero-order valence-electron chi connectivity index (χ0n) is 13.7. The molecule has 7 heteroatoms. The van der Waals surface area contributed by atoms with Crippen LogP contribution in [0.25, 0.3) is 0 Å². The Morgan fingerprint density at radius 3 is 2.54 bits per heavy atom. The Morgan fingerprint density at radius 1 is 1.17 bits per heavy atom. The predicted molar refractivity (Wildman–Crippen MR) is 89.7 cm³/mol. The maximum absolute atomic E-state index is 12.0. The van der Waals surface area contributed by atoms with E-state index in [2.05, 4.69) is 5.32 Å². The quantitative estimate of drug-likeness (QED) is 0.648. The van der Waals surface area contributed by atoms with Gasteiger partial charge < -0.3 is 14.8 Å². The van der Waals surface area contributed by atoms with Crippen molar-refractivity contribution < 1.29 is 19.2 Å². The van der Waals surface area contributed by atoms with E-state index < -0.39 is 4.92 Å². The molecule has 0 fully saturated rings. The van der Waals surface area contributed by atoms with Crippen molar-refractivity contribution in [2.45, 2.75) is 13.8 Å². The summed E-state index contributed by atoms with van der Waals surface area (Å²) in [5.41, 5.74) is 2.10. The highest BCUT2D eigenvalue weighted by atomic mass is 16.6. The van der Waals surface area contributed by atoms with Crippen LogP contribution >= 0.6 is 0 Å². The highest BCUT2D eigenvalue weighted by molar-refractivity contribution is 5.92. The Morgan fingerprint density at radius 2 is 1.92 bits per heavy atom. The van der Waals surface area contributed by atoms with Crippen molar-refractivity contribution in [1.82, 2.24) is 0 Å². The molecule has 0 atom stereocenters. The molecular formula is C17H18N2O5. The number of nitrogens with one attached hydrogen (secondary N) is 1. The Hall–Kier alpha value is -3.09. The first-order valence-electron chi connectivity index (χ1n) is 7.23. The van der Waals surface area contributed by atoms with Gasteiger partial charge in [-0.25, -0.2) is 0 Å². The number of ether oxygens (including phenoxy) is 2. The normalized spacial score (nSPS) is 10.1. The summed E-state index contributed by atoms with van der Waals surface area (Å²) in [6.45, 7) is 3.42. The van der Waals surface area contributed by atoms with Crippen molar-refractivity contribution in [2.75, 3.05) is 19.0 Å². The Labute approximate surface area is 139 Å². The minimum atomic E-state index is -0.481. The van der Waals surface area contributed by atoms with Gasteiger partial charge in [-0.15, -0.1) is 0 Å². The van der Waals surface area contributed by atoms with Crippen LogP contribution in [0.5, 0.6) is 11.5 Å². The minimum Gasteiger partial charge on any atom is -0.493 e. The van der Waals surface area contributed by atoms with Gasteiger partial charge in [0.1, 0.15) is 0 Å². The first-order chi connectivity index (χ1) is 11.4. The van der Waals surface area contributed by atoms with Gasteiger partial charge in [-0.2, -0.15) is 0 Å². The van der Waals surface area contributed by atoms with Crippen molar-refractivity contribution in [2.24, 2.45) is 0 Å². The number of aryl methyl sites for hydroxylation is 2. The van der Waals surface area contributed by atoms with Crippen molar-refractivity contribution in [1.29, 1.82) is 0 Å². The van der Waals surface area contributed by atoms with Gasteiger partial charge in [0.25, 0.3) is 11.6 Å². The van der Waals surface area contributed by atoms with Crippen molar-refractivity contribution in [3.05, 3.63) is 57.6 Å². The fourth-order valence-corrected chi connectivity index (χ4v) is 2.13. The topological polar surface area (TPSA) is 90.7 Å². The van der Waals surface area contributed by atoms with Gasteiger partial charge in [-0.3, -0.25) is 14.9 Å². The Bertz CT molecular complexity index is 774. The lowest BCUT2D eigenvalue weighted by Gasteiger charge is -2.12. The van der Waals surface area contributed by atoms with E-state index in [4.69, 9.17) is 9.47 Å². The smallest absolute Gasteiger partial charge is 0.269 e. The van der Waals surface area contributed by atoms with Gasteiger partial charge in [0.15, 0.2) is 18.1 Å². The number of hydrogen-bond donors (Lipinski definition) is 1. The molecular weight excluding hydrogens is 312 g/mol. The third-order valence-corrected chi connectivity index (χ3v) is 3.37. The van der Waals surface area contributed by atoms with E-state index in [1.54, 1.807) is 13.0 Å². The predicted octanol–water partition coefficient (Wildman–Crippen LogP) is 3.24. The van der Waals surface area contributed by atoms with Gasteiger partial charge in [0.2, 0.25) is 0 Å². The molecule has 0 heterocycles. The summed E-state index contributed by atoms with van der Waals surface area (Å²) in [6, 6.07) is 9.65. The zero-order chi connectivity index (χ0) is 17.7. The highest BCUT2D eigenvalue weighted by Crippen LogP contribution is 2.27. The fourth-order valence-electron chi connectivity index (χ4n) is 2.13. The summed E-state index contributed by atoms with van der Waals surface area (Å²) >= 11 is 0. The van der Waals surface area contributed by atoms with Crippen LogP contribution in [0.2, 0.25) is 0 Å². The van der Waals surface area contributed by atoms with Crippen LogP contribution in [-0.2, 0) is 4.79 Å². The SMILES string of the molecule is COc1cc(C)ccc1OCC(=O)Nc1ccc([N+](=O)[O-])cc1C. The first-order valence-corrected chi connectivity index (χ1v) is 7.23. The molecule has 0 saturated heterocycles. The summed E-state index contributed by atoms with van der Waals surface area (Å²) in [5, 5.41) is 13.4. The number of methoxy groups -OCH3 is 1. The molecule has 24 heavy (non-hydrogen) atoms. The van der Waals surface area contributed by atoms with E-state index in [1.165, 1.54) is 25.3 Å². The molecule has 7 nitrogen and oxygen atoms in total. The summed E-state index contributed by atoms with van der Waals surface area (Å²) in [4.78, 5) is 22.2. The Balaban J connectivity index is 2.00. The second-order valence-corrected chi connectivity index (χ2v) is 5.25. The summed E-state index contributed by atoms with van der Waals surface area (Å²) in [6.07, 6.45) is 0. The number of non-ortho nitro benzene ring substituents is 1. The molecule has 1 N–H and O–H groups in total. The van der Waals surface area contributed by atoms with Crippen LogP contribution in [0.3, 0.4) is 0 Å². The zero-order valence-corrected chi connectivity index (χ0v) is 13.7. The van der Waals surface area contributed by atoms with Crippen molar-refractivity contribution >= 4 is 17.3 Å². The molecule has 0 aliphatic carbocycles. The molecule has 0 saturated carbocycles. The standard InChI is InChI=1S/C17H18N2O5/c1-11-4-7-15(16(8-11)23-3)24-10-17(20)18-14-6-5-13(19(21)22)9-12(14)2/h4-9H,10H2,1-3H3,(H,18,20). The van der Waals surface area contributed by atoms with E-state index in [0.29, 0.717) is 22.7 Å². The van der Waals surface area contributed by atoms with Crippen LogP contribution in [0, 0.1) is 24.0 Å². The number of carbonyl (C=O) groups excluding carboxylic acids is 1. The number of amides is 1. The van der Waals surface area contributed by atoms with Crippen LogP contribution in [0.1, 0.15) is 11.1 Å². The Kier molecular flexibility index (Phi) is 5.36. The van der Waals surface area contributed by atoms with Crippen LogP contribution in [-0.4, -0.2) is 24.5 Å². The average molecular weight is 330 g/mol. The second-order valence-electron chi connectivity index (χ2n) is 5.25. The van der Waals surface area contributed by atoms with E-state index in [-0.39, 0.29) is 18.2 Å². The number of carbonyl (C=O) groups is 1. The molecule has 0 aliphatic rings. The van der Waals surface area contributed by atoms with Gasteiger partial charge in [-0.05, 0) is 43.2 Å². The third kappa shape index (κ3) is 4.22. The van der Waals surface area contributed by atoms with E-state index in [0.717, 1.165) is 5.56 Å². The van der Waals surface area contributed by atoms with E-state index in [1.807, 2.05) is 19.1 Å². The molecule has 2 rings (SSSR count). The molecule has 0 unspecified atom stereocenters. The third-order valence-electron chi connectivity index (χ3n) is 3.37. The second kappa shape index (κ2) is 7.45. The highest BCUT2D eigenvalue weighted by Gasteiger charge is 2.12. The summed E-state index contributed by atoms with van der Waals surface area (Å²) in [7, 11) is 1.53. The number of nitrogens with zero attached hydrogens (tertiary/aromatic N) is 1. The van der Waals surface area contributed by atoms with E-state index in [9.17, 15) is 14.9 Å². The number of anilines is 1. The van der Waals surface area contributed by atoms with Crippen LogP contribution in [0.15, 0.2) is 36.4 Å². The van der Waals surface area contributed by atoms with Crippen LogP contribution < -0.4 is 14.8 Å². The van der Waals surface area contributed by atoms with Crippen LogP contribution in [0.4, 0.5) is 11.4 Å². The molecule has 0 spiro atoms. The first kappa shape index (κ1) is 17.3. The minimum absolute atomic E-state index is 0.0221. The summed E-state index contributed by atoms with van der Waals surface area (Å²) in [5.74, 6) is 0.655. The number of benzene rings is 2. The van der Waals surface area contributed by atoms with Crippen molar-refractivity contribution in [3.63, 3.8) is 0 Å². The van der Waals surface area contributed by atoms with Gasteiger partial charge >= 0.3 is 0 Å². The number of rotatable bonds is 6. The van der Waals surface area contributed by atoms with Gasteiger partial charge in [-0.1, -0.05) is 6.07 Å². The lowest BCUT2D eigenvalue weighted by molar-refractivity contribution is -0.384. The monoisotopic (exact) mass is 330 g/mol. The van der Waals surface area contributed by atoms with Crippen molar-refractivity contribution in [3.8, 4) is 11.5 Å². The largest absolute Gasteiger partial charge is 0.493 e. The molecule has 126 valence electrons. The maximum atomic E-state index is 12.0. The van der Waals surface area contributed by atoms with Gasteiger partial charge in [0.05, 0.1) is 12.0 Å². The lowest BCUT2D eigenvalue weighted by atomic mass is 10.2. The molecule has 0 aromatic heterocycles. The molecule has 0 aliphatic heterocycles. The molecule has 1 amide bonds. The lowest BCUT2D eigenvalue weighted by Crippen LogP contribution is -2.20. The van der Waals surface area contributed by atoms with Gasteiger partial charge in [0, 0.05) is 17.8 Å². The van der Waals surface area contributed by atoms with E-state index >= 15 is 0 Å².